The van der Waals surface area contributed by atoms with Gasteiger partial charge in [0.1, 0.15) is 0 Å². The Morgan fingerprint density at radius 1 is 1.50 bits per heavy atom. The SMILES string of the molecule is CCC[C@@H](N)c1cc(C)ccc1C#N. The standard InChI is InChI=1S/C12H16N2/c1-3-4-12(14)11-7-9(2)5-6-10(11)8-13/h5-7,12H,3-4,14H2,1-2H3/t12-/m1/s1. The summed E-state index contributed by atoms with van der Waals surface area (Å²) < 4.78 is 0. The molecule has 74 valence electrons. The number of hydrogen-bond donors (Lipinski definition) is 1. The van der Waals surface area contributed by atoms with Gasteiger partial charge in [-0.2, -0.15) is 5.26 Å². The molecule has 0 saturated carbocycles. The average Bonchev–Trinajstić information content (AvgIpc) is 2.18. The minimum Gasteiger partial charge on any atom is -0.324 e. The maximum Gasteiger partial charge on any atom is 0.0995 e. The summed E-state index contributed by atoms with van der Waals surface area (Å²) in [5.74, 6) is 0. The third kappa shape index (κ3) is 2.34. The van der Waals surface area contributed by atoms with Crippen LogP contribution >= 0.6 is 0 Å². The second-order valence-corrected chi connectivity index (χ2v) is 3.60. The van der Waals surface area contributed by atoms with E-state index in [-0.39, 0.29) is 6.04 Å². The normalized spacial score (nSPS) is 12.1. The summed E-state index contributed by atoms with van der Waals surface area (Å²) in [5.41, 5.74) is 8.84. The molecule has 0 heterocycles. The zero-order valence-corrected chi connectivity index (χ0v) is 8.75. The fraction of sp³-hybridized carbons (Fsp3) is 0.417. The Morgan fingerprint density at radius 3 is 2.79 bits per heavy atom. The van der Waals surface area contributed by atoms with Gasteiger partial charge in [-0.1, -0.05) is 31.0 Å². The number of nitrogens with zero attached hydrogens (tertiary/aromatic N) is 1. The number of aryl methyl sites for hydroxylation is 1. The molecule has 0 amide bonds. The van der Waals surface area contributed by atoms with Gasteiger partial charge < -0.3 is 5.73 Å². The summed E-state index contributed by atoms with van der Waals surface area (Å²) in [6.45, 7) is 4.12. The number of hydrogen-bond acceptors (Lipinski definition) is 2. The fourth-order valence-corrected chi connectivity index (χ4v) is 1.56. The average molecular weight is 188 g/mol. The predicted octanol–water partition coefficient (Wildman–Crippen LogP) is 2.67. The predicted molar refractivity (Wildman–Crippen MR) is 57.7 cm³/mol. The quantitative estimate of drug-likeness (QED) is 0.792. The van der Waals surface area contributed by atoms with Gasteiger partial charge in [0.25, 0.3) is 0 Å². The highest BCUT2D eigenvalue weighted by Gasteiger charge is 2.09. The lowest BCUT2D eigenvalue weighted by atomic mass is 9.96. The third-order valence-electron chi connectivity index (χ3n) is 2.33. The molecule has 2 nitrogen and oxygen atoms in total. The summed E-state index contributed by atoms with van der Waals surface area (Å²) in [7, 11) is 0. The van der Waals surface area contributed by atoms with Crippen molar-refractivity contribution in [1.82, 2.24) is 0 Å². The van der Waals surface area contributed by atoms with Crippen LogP contribution in [0.4, 0.5) is 0 Å². The molecule has 0 aliphatic heterocycles. The minimum atomic E-state index is -0.00505. The van der Waals surface area contributed by atoms with E-state index in [1.54, 1.807) is 0 Å². The van der Waals surface area contributed by atoms with Crippen molar-refractivity contribution in [1.29, 1.82) is 5.26 Å². The highest BCUT2D eigenvalue weighted by atomic mass is 14.6. The Kier molecular flexibility index (Phi) is 3.67. The van der Waals surface area contributed by atoms with E-state index in [1.165, 1.54) is 0 Å². The number of benzene rings is 1. The lowest BCUT2D eigenvalue weighted by molar-refractivity contribution is 0.636. The van der Waals surface area contributed by atoms with Crippen molar-refractivity contribution in [2.75, 3.05) is 0 Å². The van der Waals surface area contributed by atoms with E-state index >= 15 is 0 Å². The van der Waals surface area contributed by atoms with Crippen LogP contribution in [0.15, 0.2) is 18.2 Å². The van der Waals surface area contributed by atoms with Gasteiger partial charge in [-0.25, -0.2) is 0 Å². The highest BCUT2D eigenvalue weighted by Crippen LogP contribution is 2.20. The van der Waals surface area contributed by atoms with Gasteiger partial charge in [0.2, 0.25) is 0 Å². The van der Waals surface area contributed by atoms with Crippen molar-refractivity contribution < 1.29 is 0 Å². The second kappa shape index (κ2) is 4.78. The maximum absolute atomic E-state index is 8.92. The number of nitrogens with two attached hydrogens (primary N) is 1. The van der Waals surface area contributed by atoms with Gasteiger partial charge in [-0.15, -0.1) is 0 Å². The van der Waals surface area contributed by atoms with E-state index in [0.717, 1.165) is 24.0 Å². The van der Waals surface area contributed by atoms with Crippen molar-refractivity contribution >= 4 is 0 Å². The molecule has 0 unspecified atom stereocenters. The summed E-state index contributed by atoms with van der Waals surface area (Å²) in [4.78, 5) is 0. The van der Waals surface area contributed by atoms with Gasteiger partial charge >= 0.3 is 0 Å². The third-order valence-corrected chi connectivity index (χ3v) is 2.33. The van der Waals surface area contributed by atoms with Crippen LogP contribution in [-0.2, 0) is 0 Å². The van der Waals surface area contributed by atoms with Gasteiger partial charge in [0.05, 0.1) is 11.6 Å². The highest BCUT2D eigenvalue weighted by molar-refractivity contribution is 5.41. The number of rotatable bonds is 3. The Balaban J connectivity index is 3.05. The van der Waals surface area contributed by atoms with E-state index < -0.39 is 0 Å². The van der Waals surface area contributed by atoms with Crippen molar-refractivity contribution in [2.24, 2.45) is 5.73 Å². The summed E-state index contributed by atoms with van der Waals surface area (Å²) in [6.07, 6.45) is 1.97. The summed E-state index contributed by atoms with van der Waals surface area (Å²) in [5, 5.41) is 8.92. The first-order valence-electron chi connectivity index (χ1n) is 4.95. The van der Waals surface area contributed by atoms with Crippen LogP contribution in [0.25, 0.3) is 0 Å². The first-order valence-corrected chi connectivity index (χ1v) is 4.95. The molecule has 1 aromatic rings. The molecular formula is C12H16N2. The van der Waals surface area contributed by atoms with Gasteiger partial charge in [0.15, 0.2) is 0 Å². The monoisotopic (exact) mass is 188 g/mol. The first kappa shape index (κ1) is 10.7. The van der Waals surface area contributed by atoms with Crippen molar-refractivity contribution in [3.63, 3.8) is 0 Å². The van der Waals surface area contributed by atoms with E-state index in [1.807, 2.05) is 25.1 Å². The van der Waals surface area contributed by atoms with E-state index in [4.69, 9.17) is 11.0 Å². The fourth-order valence-electron chi connectivity index (χ4n) is 1.56. The summed E-state index contributed by atoms with van der Waals surface area (Å²) in [6, 6.07) is 7.98. The topological polar surface area (TPSA) is 49.8 Å². The van der Waals surface area contributed by atoms with Crippen LogP contribution in [0.3, 0.4) is 0 Å². The van der Waals surface area contributed by atoms with Crippen LogP contribution in [0, 0.1) is 18.3 Å². The Bertz CT molecular complexity index is 350. The smallest absolute Gasteiger partial charge is 0.0995 e. The van der Waals surface area contributed by atoms with Crippen LogP contribution in [-0.4, -0.2) is 0 Å². The maximum atomic E-state index is 8.92. The van der Waals surface area contributed by atoms with Gasteiger partial charge in [0, 0.05) is 6.04 Å². The van der Waals surface area contributed by atoms with E-state index in [2.05, 4.69) is 13.0 Å². The van der Waals surface area contributed by atoms with Crippen molar-refractivity contribution in [3.05, 3.63) is 34.9 Å². The Labute approximate surface area is 85.4 Å². The molecule has 1 rings (SSSR count). The Morgan fingerprint density at radius 2 is 2.21 bits per heavy atom. The minimum absolute atomic E-state index is 0.00505. The van der Waals surface area contributed by atoms with Crippen LogP contribution in [0.2, 0.25) is 0 Å². The molecule has 0 spiro atoms. The molecular weight excluding hydrogens is 172 g/mol. The molecule has 0 aliphatic rings. The van der Waals surface area contributed by atoms with Crippen LogP contribution in [0.1, 0.15) is 42.5 Å². The first-order chi connectivity index (χ1) is 6.69. The molecule has 2 N–H and O–H groups in total. The zero-order chi connectivity index (χ0) is 10.6. The lowest BCUT2D eigenvalue weighted by Gasteiger charge is -2.12. The van der Waals surface area contributed by atoms with Gasteiger partial charge in [-0.05, 0) is 25.0 Å². The molecule has 0 aliphatic carbocycles. The van der Waals surface area contributed by atoms with Gasteiger partial charge in [-0.3, -0.25) is 0 Å². The van der Waals surface area contributed by atoms with Crippen molar-refractivity contribution in [2.45, 2.75) is 32.7 Å². The zero-order valence-electron chi connectivity index (χ0n) is 8.75. The van der Waals surface area contributed by atoms with E-state index in [0.29, 0.717) is 5.56 Å². The van der Waals surface area contributed by atoms with E-state index in [9.17, 15) is 0 Å². The molecule has 14 heavy (non-hydrogen) atoms. The van der Waals surface area contributed by atoms with Crippen molar-refractivity contribution in [3.8, 4) is 6.07 Å². The molecule has 0 radical (unpaired) electrons. The number of nitriles is 1. The molecule has 1 atom stereocenters. The second-order valence-electron chi connectivity index (χ2n) is 3.60. The molecule has 1 aromatic carbocycles. The molecule has 0 bridgehead atoms. The molecule has 2 heteroatoms. The van der Waals surface area contributed by atoms with Crippen LogP contribution in [0.5, 0.6) is 0 Å². The molecule has 0 fully saturated rings. The molecule has 0 aromatic heterocycles. The Hall–Kier alpha value is -1.33. The molecule has 0 saturated heterocycles. The largest absolute Gasteiger partial charge is 0.324 e. The lowest BCUT2D eigenvalue weighted by Crippen LogP contribution is -2.11. The summed E-state index contributed by atoms with van der Waals surface area (Å²) >= 11 is 0. The van der Waals surface area contributed by atoms with Crippen LogP contribution < -0.4 is 5.73 Å².